The van der Waals surface area contributed by atoms with Crippen LogP contribution in [-0.2, 0) is 0 Å². The summed E-state index contributed by atoms with van der Waals surface area (Å²) in [5.41, 5.74) is 7.75. The topological polar surface area (TPSA) is 53.1 Å². The van der Waals surface area contributed by atoms with Gasteiger partial charge in [0.25, 0.3) is 0 Å². The van der Waals surface area contributed by atoms with Gasteiger partial charge in [-0.05, 0) is 18.6 Å². The normalized spacial score (nSPS) is 8.74. The SMILES string of the molecule is CC.CC.COc1cc(-n2nccc2N)ccc1C. The predicted octanol–water partition coefficient (Wildman–Crippen LogP) is 3.82. The molecule has 0 fully saturated rings. The molecule has 0 aliphatic carbocycles. The fourth-order valence-corrected chi connectivity index (χ4v) is 1.47. The fourth-order valence-electron chi connectivity index (χ4n) is 1.47. The molecular formula is C15H25N3O. The van der Waals surface area contributed by atoms with E-state index in [1.807, 2.05) is 52.8 Å². The number of nitrogens with zero attached hydrogens (tertiary/aromatic N) is 2. The van der Waals surface area contributed by atoms with E-state index in [4.69, 9.17) is 10.5 Å². The zero-order valence-corrected chi connectivity index (χ0v) is 12.8. The molecule has 4 nitrogen and oxygen atoms in total. The van der Waals surface area contributed by atoms with Crippen molar-refractivity contribution in [3.8, 4) is 11.4 Å². The van der Waals surface area contributed by atoms with E-state index >= 15 is 0 Å². The summed E-state index contributed by atoms with van der Waals surface area (Å²) in [5.74, 6) is 1.45. The van der Waals surface area contributed by atoms with Gasteiger partial charge in [0.05, 0.1) is 19.0 Å². The highest BCUT2D eigenvalue weighted by Crippen LogP contribution is 2.22. The second-order valence-corrected chi connectivity index (χ2v) is 3.32. The van der Waals surface area contributed by atoms with Gasteiger partial charge in [-0.25, -0.2) is 4.68 Å². The Hall–Kier alpha value is -1.97. The van der Waals surface area contributed by atoms with E-state index in [9.17, 15) is 0 Å². The van der Waals surface area contributed by atoms with Crippen LogP contribution in [0.1, 0.15) is 33.3 Å². The number of aryl methyl sites for hydroxylation is 1. The van der Waals surface area contributed by atoms with Crippen LogP contribution in [-0.4, -0.2) is 16.9 Å². The Bertz CT molecular complexity index is 478. The molecule has 19 heavy (non-hydrogen) atoms. The van der Waals surface area contributed by atoms with Crippen LogP contribution in [0.5, 0.6) is 5.75 Å². The average molecular weight is 263 g/mol. The molecule has 0 saturated carbocycles. The number of hydrogen-bond acceptors (Lipinski definition) is 3. The number of nitrogens with two attached hydrogens (primary N) is 1. The zero-order valence-electron chi connectivity index (χ0n) is 12.8. The number of anilines is 1. The van der Waals surface area contributed by atoms with Gasteiger partial charge in [0.15, 0.2) is 0 Å². The summed E-state index contributed by atoms with van der Waals surface area (Å²) < 4.78 is 6.91. The molecule has 0 aliphatic heterocycles. The molecule has 1 aromatic carbocycles. The lowest BCUT2D eigenvalue weighted by atomic mass is 10.2. The van der Waals surface area contributed by atoms with Crippen LogP contribution in [0.3, 0.4) is 0 Å². The van der Waals surface area contributed by atoms with Crippen molar-refractivity contribution >= 4 is 5.82 Å². The van der Waals surface area contributed by atoms with Crippen molar-refractivity contribution in [2.45, 2.75) is 34.6 Å². The van der Waals surface area contributed by atoms with Crippen molar-refractivity contribution in [1.29, 1.82) is 0 Å². The number of benzene rings is 1. The quantitative estimate of drug-likeness (QED) is 0.896. The van der Waals surface area contributed by atoms with Crippen LogP contribution < -0.4 is 10.5 Å². The summed E-state index contributed by atoms with van der Waals surface area (Å²) in [6.07, 6.45) is 1.67. The van der Waals surface area contributed by atoms with Crippen molar-refractivity contribution in [3.63, 3.8) is 0 Å². The molecule has 0 amide bonds. The number of nitrogen functional groups attached to an aromatic ring is 1. The van der Waals surface area contributed by atoms with E-state index in [2.05, 4.69) is 5.10 Å². The first-order valence-electron chi connectivity index (χ1n) is 6.67. The van der Waals surface area contributed by atoms with Gasteiger partial charge in [-0.15, -0.1) is 0 Å². The molecule has 106 valence electrons. The summed E-state index contributed by atoms with van der Waals surface area (Å²) >= 11 is 0. The van der Waals surface area contributed by atoms with Gasteiger partial charge in [-0.1, -0.05) is 33.8 Å². The Morgan fingerprint density at radius 3 is 2.21 bits per heavy atom. The largest absolute Gasteiger partial charge is 0.496 e. The van der Waals surface area contributed by atoms with E-state index in [0.717, 1.165) is 17.0 Å². The standard InChI is InChI=1S/C11H13N3O.2C2H6/c1-8-3-4-9(7-10(8)15-2)14-11(12)5-6-13-14;2*1-2/h3-7H,12H2,1-2H3;2*1-2H3. The van der Waals surface area contributed by atoms with Gasteiger partial charge in [-0.3, -0.25) is 0 Å². The first-order chi connectivity index (χ1) is 9.22. The van der Waals surface area contributed by atoms with Crippen LogP contribution in [0, 0.1) is 6.92 Å². The summed E-state index contributed by atoms with van der Waals surface area (Å²) in [4.78, 5) is 0. The minimum atomic E-state index is 0.612. The summed E-state index contributed by atoms with van der Waals surface area (Å²) in [6, 6.07) is 7.61. The minimum Gasteiger partial charge on any atom is -0.496 e. The molecule has 0 spiro atoms. The lowest BCUT2D eigenvalue weighted by Crippen LogP contribution is -2.02. The van der Waals surface area contributed by atoms with E-state index in [1.54, 1.807) is 24.1 Å². The zero-order chi connectivity index (χ0) is 14.8. The monoisotopic (exact) mass is 263 g/mol. The van der Waals surface area contributed by atoms with Crippen LogP contribution in [0.2, 0.25) is 0 Å². The van der Waals surface area contributed by atoms with Gasteiger partial charge in [0.1, 0.15) is 11.6 Å². The van der Waals surface area contributed by atoms with Gasteiger partial charge >= 0.3 is 0 Å². The van der Waals surface area contributed by atoms with Crippen molar-refractivity contribution in [2.24, 2.45) is 0 Å². The molecule has 2 N–H and O–H groups in total. The van der Waals surface area contributed by atoms with Crippen LogP contribution in [0.25, 0.3) is 5.69 Å². The molecule has 0 aliphatic rings. The van der Waals surface area contributed by atoms with E-state index in [-0.39, 0.29) is 0 Å². The summed E-state index contributed by atoms with van der Waals surface area (Å²) in [5, 5.41) is 4.13. The Labute approximate surface area is 116 Å². The van der Waals surface area contributed by atoms with Gasteiger partial charge in [0, 0.05) is 12.1 Å². The highest BCUT2D eigenvalue weighted by Gasteiger charge is 2.04. The number of aromatic nitrogens is 2. The minimum absolute atomic E-state index is 0.612. The first kappa shape index (κ1) is 17.0. The first-order valence-corrected chi connectivity index (χ1v) is 6.67. The maximum Gasteiger partial charge on any atom is 0.127 e. The third-order valence-electron chi connectivity index (χ3n) is 2.31. The second kappa shape index (κ2) is 9.03. The van der Waals surface area contributed by atoms with Gasteiger partial charge in [0.2, 0.25) is 0 Å². The maximum absolute atomic E-state index is 5.76. The Kier molecular flexibility index (Phi) is 8.09. The predicted molar refractivity (Wildman–Crippen MR) is 82.0 cm³/mol. The number of rotatable bonds is 2. The second-order valence-electron chi connectivity index (χ2n) is 3.32. The van der Waals surface area contributed by atoms with E-state index < -0.39 is 0 Å². The van der Waals surface area contributed by atoms with Crippen LogP contribution in [0.15, 0.2) is 30.5 Å². The number of methoxy groups -OCH3 is 1. The van der Waals surface area contributed by atoms with E-state index in [0.29, 0.717) is 5.82 Å². The molecule has 0 radical (unpaired) electrons. The highest BCUT2D eigenvalue weighted by atomic mass is 16.5. The van der Waals surface area contributed by atoms with Crippen molar-refractivity contribution in [1.82, 2.24) is 9.78 Å². The Morgan fingerprint density at radius 1 is 1.11 bits per heavy atom. The average Bonchev–Trinajstić information content (AvgIpc) is 2.90. The smallest absolute Gasteiger partial charge is 0.127 e. The summed E-state index contributed by atoms with van der Waals surface area (Å²) in [7, 11) is 1.65. The van der Waals surface area contributed by atoms with Crippen molar-refractivity contribution in [2.75, 3.05) is 12.8 Å². The van der Waals surface area contributed by atoms with Crippen molar-refractivity contribution in [3.05, 3.63) is 36.0 Å². The molecule has 4 heteroatoms. The van der Waals surface area contributed by atoms with E-state index in [1.165, 1.54) is 0 Å². The van der Waals surface area contributed by atoms with Crippen LogP contribution >= 0.6 is 0 Å². The van der Waals surface area contributed by atoms with Gasteiger partial charge < -0.3 is 10.5 Å². The maximum atomic E-state index is 5.76. The molecule has 2 aromatic rings. The molecule has 0 atom stereocenters. The Balaban J connectivity index is 0.000000741. The fraction of sp³-hybridized carbons (Fsp3) is 0.400. The molecule has 2 rings (SSSR count). The number of hydrogen-bond donors (Lipinski definition) is 1. The lowest BCUT2D eigenvalue weighted by Gasteiger charge is -2.08. The molecule has 0 unspecified atom stereocenters. The van der Waals surface area contributed by atoms with Crippen molar-refractivity contribution < 1.29 is 4.74 Å². The lowest BCUT2D eigenvalue weighted by molar-refractivity contribution is 0.411. The van der Waals surface area contributed by atoms with Gasteiger partial charge in [-0.2, -0.15) is 5.10 Å². The number of ether oxygens (including phenoxy) is 1. The third-order valence-corrected chi connectivity index (χ3v) is 2.31. The molecule has 1 heterocycles. The Morgan fingerprint density at radius 2 is 1.74 bits per heavy atom. The molecule has 1 aromatic heterocycles. The molecule has 0 saturated heterocycles. The molecular weight excluding hydrogens is 238 g/mol. The van der Waals surface area contributed by atoms with Crippen LogP contribution in [0.4, 0.5) is 5.82 Å². The molecule has 0 bridgehead atoms. The third kappa shape index (κ3) is 4.32. The summed E-state index contributed by atoms with van der Waals surface area (Å²) in [6.45, 7) is 10.00. The highest BCUT2D eigenvalue weighted by molar-refractivity contribution is 5.47.